The lowest BCUT2D eigenvalue weighted by Crippen LogP contribution is -2.10. The second-order valence-electron chi connectivity index (χ2n) is 5.56. The molecule has 3 unspecified atom stereocenters. The third kappa shape index (κ3) is 2.61. The molecule has 1 aromatic carbocycles. The summed E-state index contributed by atoms with van der Waals surface area (Å²) in [5.74, 6) is 1.44. The van der Waals surface area contributed by atoms with Crippen LogP contribution < -0.4 is 4.74 Å². The summed E-state index contributed by atoms with van der Waals surface area (Å²) in [6, 6.07) is 5.98. The normalized spacial score (nSPS) is 29.8. The highest BCUT2D eigenvalue weighted by Gasteiger charge is 2.34. The lowest BCUT2D eigenvalue weighted by Gasteiger charge is -2.16. The molecule has 5 heteroatoms. The highest BCUT2D eigenvalue weighted by molar-refractivity contribution is 7.91. The largest absolute Gasteiger partial charge is 0.490 e. The van der Waals surface area contributed by atoms with Crippen LogP contribution in [0.1, 0.15) is 29.8 Å². The van der Waals surface area contributed by atoms with E-state index >= 15 is 0 Å². The zero-order valence-corrected chi connectivity index (χ0v) is 12.4. The van der Waals surface area contributed by atoms with Gasteiger partial charge in [0.15, 0.2) is 9.84 Å². The Balaban J connectivity index is 1.82. The van der Waals surface area contributed by atoms with Crippen molar-refractivity contribution in [2.24, 2.45) is 5.92 Å². The molecule has 1 fully saturated rings. The number of alkyl halides is 1. The Kier molecular flexibility index (Phi) is 3.26. The number of halogens is 1. The van der Waals surface area contributed by atoms with Gasteiger partial charge in [0, 0.05) is 6.42 Å². The molecule has 0 spiro atoms. The Morgan fingerprint density at radius 3 is 2.89 bits per heavy atom. The van der Waals surface area contributed by atoms with Gasteiger partial charge < -0.3 is 4.74 Å². The summed E-state index contributed by atoms with van der Waals surface area (Å²) in [6.07, 6.45) is 1.78. The van der Waals surface area contributed by atoms with Crippen molar-refractivity contribution in [1.29, 1.82) is 0 Å². The number of ether oxygens (including phenoxy) is 1. The van der Waals surface area contributed by atoms with E-state index in [9.17, 15) is 8.42 Å². The molecule has 2 aliphatic heterocycles. The molecular weight excluding hydrogens is 284 g/mol. The first-order chi connectivity index (χ1) is 8.94. The quantitative estimate of drug-likeness (QED) is 0.789. The van der Waals surface area contributed by atoms with Gasteiger partial charge in [-0.2, -0.15) is 0 Å². The van der Waals surface area contributed by atoms with E-state index in [1.165, 1.54) is 5.56 Å². The Labute approximate surface area is 118 Å². The number of hydrogen-bond acceptors (Lipinski definition) is 3. The van der Waals surface area contributed by atoms with E-state index in [1.807, 2.05) is 19.1 Å². The van der Waals surface area contributed by atoms with Crippen LogP contribution in [-0.2, 0) is 16.3 Å². The summed E-state index contributed by atoms with van der Waals surface area (Å²) in [5.41, 5.74) is 2.19. The SMILES string of the molecule is CC1Cc2cc(C(Cl)C3CCS(=O)(=O)C3)ccc2O1. The summed E-state index contributed by atoms with van der Waals surface area (Å²) in [7, 11) is -2.88. The van der Waals surface area contributed by atoms with Gasteiger partial charge in [-0.1, -0.05) is 12.1 Å². The lowest BCUT2D eigenvalue weighted by atomic mass is 9.96. The van der Waals surface area contributed by atoms with E-state index < -0.39 is 9.84 Å². The number of hydrogen-bond donors (Lipinski definition) is 0. The molecule has 19 heavy (non-hydrogen) atoms. The first-order valence-electron chi connectivity index (χ1n) is 6.58. The smallest absolute Gasteiger partial charge is 0.150 e. The molecule has 0 N–H and O–H groups in total. The fourth-order valence-corrected chi connectivity index (χ4v) is 5.24. The third-order valence-electron chi connectivity index (χ3n) is 3.92. The van der Waals surface area contributed by atoms with Crippen LogP contribution in [-0.4, -0.2) is 26.0 Å². The van der Waals surface area contributed by atoms with Gasteiger partial charge in [-0.15, -0.1) is 11.6 Å². The molecule has 104 valence electrons. The fourth-order valence-electron chi connectivity index (χ4n) is 2.94. The number of rotatable bonds is 2. The van der Waals surface area contributed by atoms with Gasteiger partial charge in [-0.05, 0) is 36.5 Å². The van der Waals surface area contributed by atoms with Crippen molar-refractivity contribution in [1.82, 2.24) is 0 Å². The van der Waals surface area contributed by atoms with Gasteiger partial charge in [0.1, 0.15) is 11.9 Å². The van der Waals surface area contributed by atoms with E-state index in [4.69, 9.17) is 16.3 Å². The minimum Gasteiger partial charge on any atom is -0.490 e. The van der Waals surface area contributed by atoms with E-state index in [1.54, 1.807) is 0 Å². The summed E-state index contributed by atoms with van der Waals surface area (Å²) in [6.45, 7) is 2.04. The van der Waals surface area contributed by atoms with Crippen molar-refractivity contribution in [3.05, 3.63) is 29.3 Å². The molecule has 2 aliphatic rings. The maximum absolute atomic E-state index is 11.5. The number of sulfone groups is 1. The predicted octanol–water partition coefficient (Wildman–Crippen LogP) is 2.72. The van der Waals surface area contributed by atoms with Crippen LogP contribution >= 0.6 is 11.6 Å². The minimum absolute atomic E-state index is 0.0319. The molecule has 0 amide bonds. The van der Waals surface area contributed by atoms with Crippen LogP contribution in [0.2, 0.25) is 0 Å². The molecule has 0 saturated carbocycles. The van der Waals surface area contributed by atoms with Gasteiger partial charge in [0.05, 0.1) is 16.9 Å². The molecule has 0 aromatic heterocycles. The van der Waals surface area contributed by atoms with E-state index in [0.717, 1.165) is 17.7 Å². The third-order valence-corrected chi connectivity index (χ3v) is 6.32. The minimum atomic E-state index is -2.88. The molecule has 0 bridgehead atoms. The molecule has 1 saturated heterocycles. The molecule has 0 radical (unpaired) electrons. The predicted molar refractivity (Wildman–Crippen MR) is 75.6 cm³/mol. The summed E-state index contributed by atoms with van der Waals surface area (Å²) in [5, 5.41) is -0.224. The average Bonchev–Trinajstić information content (AvgIpc) is 2.88. The molecule has 1 aromatic rings. The van der Waals surface area contributed by atoms with Crippen molar-refractivity contribution in [3.63, 3.8) is 0 Å². The molecule has 0 aliphatic carbocycles. The van der Waals surface area contributed by atoms with Gasteiger partial charge >= 0.3 is 0 Å². The van der Waals surface area contributed by atoms with Crippen molar-refractivity contribution >= 4 is 21.4 Å². The summed E-state index contributed by atoms with van der Waals surface area (Å²) < 4.78 is 28.7. The topological polar surface area (TPSA) is 43.4 Å². The van der Waals surface area contributed by atoms with Crippen LogP contribution in [0, 0.1) is 5.92 Å². The van der Waals surface area contributed by atoms with Gasteiger partial charge in [0.2, 0.25) is 0 Å². The Morgan fingerprint density at radius 2 is 2.21 bits per heavy atom. The fraction of sp³-hybridized carbons (Fsp3) is 0.571. The standard InChI is InChI=1S/C14H17ClO3S/c1-9-6-12-7-10(2-3-13(12)18-9)14(15)11-4-5-19(16,17)8-11/h2-3,7,9,11,14H,4-6,8H2,1H3. The van der Waals surface area contributed by atoms with Crippen LogP contribution in [0.3, 0.4) is 0 Å². The van der Waals surface area contributed by atoms with Gasteiger partial charge in [0.25, 0.3) is 0 Å². The van der Waals surface area contributed by atoms with Crippen molar-refractivity contribution < 1.29 is 13.2 Å². The Bertz CT molecular complexity index is 597. The van der Waals surface area contributed by atoms with Crippen LogP contribution in [0.5, 0.6) is 5.75 Å². The van der Waals surface area contributed by atoms with E-state index in [-0.39, 0.29) is 28.9 Å². The van der Waals surface area contributed by atoms with Crippen LogP contribution in [0.4, 0.5) is 0 Å². The first kappa shape index (κ1) is 13.3. The summed E-state index contributed by atoms with van der Waals surface area (Å²) >= 11 is 6.47. The monoisotopic (exact) mass is 300 g/mol. The number of fused-ring (bicyclic) bond motifs is 1. The van der Waals surface area contributed by atoms with Gasteiger partial charge in [-0.3, -0.25) is 0 Å². The van der Waals surface area contributed by atoms with Crippen LogP contribution in [0.25, 0.3) is 0 Å². The van der Waals surface area contributed by atoms with Crippen molar-refractivity contribution in [3.8, 4) is 5.75 Å². The maximum Gasteiger partial charge on any atom is 0.150 e. The number of benzene rings is 1. The van der Waals surface area contributed by atoms with Crippen molar-refractivity contribution in [2.45, 2.75) is 31.2 Å². The zero-order valence-electron chi connectivity index (χ0n) is 10.8. The molecular formula is C14H17ClO3S. The second kappa shape index (κ2) is 4.67. The Morgan fingerprint density at radius 1 is 1.42 bits per heavy atom. The lowest BCUT2D eigenvalue weighted by molar-refractivity contribution is 0.254. The second-order valence-corrected chi connectivity index (χ2v) is 8.26. The summed E-state index contributed by atoms with van der Waals surface area (Å²) in [4.78, 5) is 0. The van der Waals surface area contributed by atoms with Crippen molar-refractivity contribution in [2.75, 3.05) is 11.5 Å². The highest BCUT2D eigenvalue weighted by Crippen LogP contribution is 2.39. The van der Waals surface area contributed by atoms with E-state index in [2.05, 4.69) is 6.07 Å². The van der Waals surface area contributed by atoms with Gasteiger partial charge in [-0.25, -0.2) is 8.42 Å². The molecule has 3 atom stereocenters. The zero-order chi connectivity index (χ0) is 13.6. The molecule has 3 nitrogen and oxygen atoms in total. The highest BCUT2D eigenvalue weighted by atomic mass is 35.5. The van der Waals surface area contributed by atoms with E-state index in [0.29, 0.717) is 6.42 Å². The first-order valence-corrected chi connectivity index (χ1v) is 8.84. The van der Waals surface area contributed by atoms with Crippen LogP contribution in [0.15, 0.2) is 18.2 Å². The molecule has 2 heterocycles. The maximum atomic E-state index is 11.5. The Hall–Kier alpha value is -0.740. The molecule has 3 rings (SSSR count). The average molecular weight is 301 g/mol.